The maximum Gasteiger partial charge on any atom is 1.00 e. The smallest absolute Gasteiger partial charge is 0.449 e. The molecule has 2 atom stereocenters. The van der Waals surface area contributed by atoms with E-state index in [2.05, 4.69) is 0 Å². The van der Waals surface area contributed by atoms with Gasteiger partial charge in [0, 0.05) is 5.92 Å². The summed E-state index contributed by atoms with van der Waals surface area (Å²) in [6.45, 7) is -5.33. The van der Waals surface area contributed by atoms with Crippen LogP contribution in [0.15, 0.2) is 0 Å². The van der Waals surface area contributed by atoms with Crippen LogP contribution in [0.1, 0.15) is 12.8 Å². The summed E-state index contributed by atoms with van der Waals surface area (Å²) in [5, 5.41) is 0. The van der Waals surface area contributed by atoms with Crippen molar-refractivity contribution in [2.24, 2.45) is 11.8 Å². The molecule has 0 aliphatic heterocycles. The molecule has 0 amide bonds. The van der Waals surface area contributed by atoms with E-state index < -0.39 is 24.6 Å². The van der Waals surface area contributed by atoms with Gasteiger partial charge in [-0.2, -0.15) is 0 Å². The van der Waals surface area contributed by atoms with Crippen LogP contribution < -0.4 is 51.4 Å². The largest absolute Gasteiger partial charge is 1.00 e. The molecule has 13 heavy (non-hydrogen) atoms. The van der Waals surface area contributed by atoms with Crippen molar-refractivity contribution in [1.82, 2.24) is 0 Å². The summed E-state index contributed by atoms with van der Waals surface area (Å²) < 4.78 is 61.0. The molecule has 2 fully saturated rings. The van der Waals surface area contributed by atoms with E-state index in [9.17, 15) is 21.7 Å². The first-order valence-corrected chi connectivity index (χ1v) is 3.93. The minimum absolute atomic E-state index is 0. The molecule has 0 aromatic rings. The van der Waals surface area contributed by atoms with Gasteiger partial charge in [0.05, 0.1) is 0 Å². The predicted octanol–water partition coefficient (Wildman–Crippen LogP) is -0.117. The summed E-state index contributed by atoms with van der Waals surface area (Å²) in [5.41, 5.74) is 0. The normalized spacial score (nSPS) is 36.7. The molecule has 70 valence electrons. The van der Waals surface area contributed by atoms with Crippen LogP contribution in [0.5, 0.6) is 0 Å². The molecule has 0 aromatic heterocycles. The van der Waals surface area contributed by atoms with E-state index in [4.69, 9.17) is 0 Å². The van der Waals surface area contributed by atoms with Crippen LogP contribution in [0.3, 0.4) is 0 Å². The fourth-order valence-electron chi connectivity index (χ4n) is 1.93. The molecule has 2 rings (SSSR count). The Kier molecular flexibility index (Phi) is 3.28. The first kappa shape index (κ1) is 12.4. The third kappa shape index (κ3) is 2.14. The van der Waals surface area contributed by atoms with Gasteiger partial charge in [0.1, 0.15) is 0 Å². The Bertz CT molecular complexity index is 212. The molecular formula is C6H7BF5K. The molecule has 0 radical (unpaired) electrons. The Morgan fingerprint density at radius 1 is 1.08 bits per heavy atom. The number of halogens is 5. The summed E-state index contributed by atoms with van der Waals surface area (Å²) >= 11 is 0. The van der Waals surface area contributed by atoms with E-state index in [1.807, 2.05) is 0 Å². The van der Waals surface area contributed by atoms with Gasteiger partial charge < -0.3 is 12.9 Å². The average Bonchev–Trinajstić information content (AvgIpc) is 2.60. The Labute approximate surface area is 115 Å². The van der Waals surface area contributed by atoms with Crippen molar-refractivity contribution in [3.63, 3.8) is 0 Å². The molecule has 7 heteroatoms. The Balaban J connectivity index is 0.000000845. The topological polar surface area (TPSA) is 0 Å². The van der Waals surface area contributed by atoms with Crippen LogP contribution >= 0.6 is 0 Å². The fourth-order valence-corrected chi connectivity index (χ4v) is 1.93. The molecule has 2 aliphatic rings. The second-order valence-corrected chi connectivity index (χ2v) is 3.69. The Hall–Kier alpha value is 1.35. The van der Waals surface area contributed by atoms with Crippen molar-refractivity contribution in [2.45, 2.75) is 24.6 Å². The van der Waals surface area contributed by atoms with Crippen molar-refractivity contribution >= 4 is 6.98 Å². The van der Waals surface area contributed by atoms with E-state index in [1.165, 1.54) is 0 Å². The van der Waals surface area contributed by atoms with Gasteiger partial charge in [-0.05, 0) is 24.6 Å². The van der Waals surface area contributed by atoms with Crippen LogP contribution in [0.2, 0.25) is 5.82 Å². The SMILES string of the molecule is F[B-](F)(F)[C@@H]1[C@@H](C2CC2)C1(F)F.[K+]. The molecule has 0 bridgehead atoms. The van der Waals surface area contributed by atoms with Crippen molar-refractivity contribution < 1.29 is 73.1 Å². The van der Waals surface area contributed by atoms with E-state index in [0.717, 1.165) is 0 Å². The second-order valence-electron chi connectivity index (χ2n) is 3.69. The zero-order valence-electron chi connectivity index (χ0n) is 7.11. The maximum absolute atomic E-state index is 12.5. The van der Waals surface area contributed by atoms with Crippen molar-refractivity contribution in [3.05, 3.63) is 0 Å². The van der Waals surface area contributed by atoms with Crippen molar-refractivity contribution in [2.75, 3.05) is 0 Å². The van der Waals surface area contributed by atoms with E-state index in [1.54, 1.807) is 0 Å². The molecule has 0 nitrogen and oxygen atoms in total. The summed E-state index contributed by atoms with van der Waals surface area (Å²) in [4.78, 5) is 0. The molecule has 0 heterocycles. The number of hydrogen-bond donors (Lipinski definition) is 0. The maximum atomic E-state index is 12.5. The fraction of sp³-hybridized carbons (Fsp3) is 1.00. The molecule has 0 saturated heterocycles. The van der Waals surface area contributed by atoms with Gasteiger partial charge in [-0.15, -0.1) is 0 Å². The van der Waals surface area contributed by atoms with Gasteiger partial charge in [0.2, 0.25) is 5.92 Å². The van der Waals surface area contributed by atoms with Gasteiger partial charge in [-0.1, -0.05) is 0 Å². The first-order valence-electron chi connectivity index (χ1n) is 3.93. The molecule has 0 spiro atoms. The minimum atomic E-state index is -5.33. The summed E-state index contributed by atoms with van der Waals surface area (Å²) in [7, 11) is 0. The van der Waals surface area contributed by atoms with Gasteiger partial charge in [-0.3, -0.25) is 0 Å². The van der Waals surface area contributed by atoms with Crippen LogP contribution in [0.25, 0.3) is 0 Å². The molecular weight excluding hydrogens is 217 g/mol. The van der Waals surface area contributed by atoms with Crippen molar-refractivity contribution in [3.8, 4) is 0 Å². The summed E-state index contributed by atoms with van der Waals surface area (Å²) in [6.07, 6.45) is 1.09. The van der Waals surface area contributed by atoms with Gasteiger partial charge >= 0.3 is 58.4 Å². The monoisotopic (exact) mass is 224 g/mol. The summed E-state index contributed by atoms with van der Waals surface area (Å²) in [6, 6.07) is 0. The Morgan fingerprint density at radius 2 is 1.54 bits per heavy atom. The minimum Gasteiger partial charge on any atom is -0.449 e. The quantitative estimate of drug-likeness (QED) is 0.453. The molecule has 0 unspecified atom stereocenters. The van der Waals surface area contributed by atoms with Gasteiger partial charge in [0.25, 0.3) is 0 Å². The molecule has 0 aromatic carbocycles. The second kappa shape index (κ2) is 3.43. The zero-order valence-corrected chi connectivity index (χ0v) is 10.2. The zero-order chi connectivity index (χ0) is 9.15. The number of hydrogen-bond acceptors (Lipinski definition) is 0. The number of alkyl halides is 2. The first-order chi connectivity index (χ1) is 5.35. The average molecular weight is 224 g/mol. The van der Waals surface area contributed by atoms with Crippen LogP contribution in [0.4, 0.5) is 21.7 Å². The van der Waals surface area contributed by atoms with E-state index in [0.29, 0.717) is 12.8 Å². The predicted molar refractivity (Wildman–Crippen MR) is 34.0 cm³/mol. The molecule has 2 aliphatic carbocycles. The number of rotatable bonds is 2. The van der Waals surface area contributed by atoms with Crippen LogP contribution in [-0.4, -0.2) is 12.9 Å². The van der Waals surface area contributed by atoms with E-state index in [-0.39, 0.29) is 57.3 Å². The third-order valence-corrected chi connectivity index (χ3v) is 2.70. The summed E-state index contributed by atoms with van der Waals surface area (Å²) in [5.74, 6) is -7.46. The van der Waals surface area contributed by atoms with Gasteiger partial charge in [0.15, 0.2) is 0 Å². The van der Waals surface area contributed by atoms with E-state index >= 15 is 0 Å². The van der Waals surface area contributed by atoms with Gasteiger partial charge in [-0.25, -0.2) is 8.78 Å². The standard InChI is InChI=1S/C6H7BF5.K/c8-6(9)4(3-1-2-3)5(6)7(10,11)12;/h3-5H,1-2H2;/q-1;+1/t4-,5-;/m1./s1. The molecule has 0 N–H and O–H groups in total. The molecule has 2 saturated carbocycles. The Morgan fingerprint density at radius 3 is 1.77 bits per heavy atom. The van der Waals surface area contributed by atoms with Crippen molar-refractivity contribution in [1.29, 1.82) is 0 Å². The third-order valence-electron chi connectivity index (χ3n) is 2.70. The van der Waals surface area contributed by atoms with Crippen LogP contribution in [0, 0.1) is 11.8 Å². The van der Waals surface area contributed by atoms with Crippen LogP contribution in [-0.2, 0) is 0 Å².